The molecule has 5 nitrogen and oxygen atoms in total. The van der Waals surface area contributed by atoms with Gasteiger partial charge in [0.1, 0.15) is 10.7 Å². The highest BCUT2D eigenvalue weighted by molar-refractivity contribution is 9.10. The van der Waals surface area contributed by atoms with Gasteiger partial charge in [0.15, 0.2) is 0 Å². The van der Waals surface area contributed by atoms with E-state index in [1.54, 1.807) is 10.3 Å². The molecule has 1 heterocycles. The first-order chi connectivity index (χ1) is 12.8. The Bertz CT molecular complexity index is 772. The van der Waals surface area contributed by atoms with Crippen LogP contribution in [0.25, 0.3) is 0 Å². The maximum atomic E-state index is 12.9. The Morgan fingerprint density at radius 1 is 1.15 bits per heavy atom. The van der Waals surface area contributed by atoms with Gasteiger partial charge in [0.25, 0.3) is 11.8 Å². The third-order valence-electron chi connectivity index (χ3n) is 3.75. The van der Waals surface area contributed by atoms with Gasteiger partial charge in [-0.2, -0.15) is 0 Å². The van der Waals surface area contributed by atoms with Crippen LogP contribution in [-0.4, -0.2) is 34.8 Å². The first-order valence-corrected chi connectivity index (χ1v) is 10.7. The number of benzene rings is 1. The number of carbonyl (C=O) groups is 2. The van der Waals surface area contributed by atoms with Crippen molar-refractivity contribution in [3.8, 4) is 0 Å². The highest BCUT2D eigenvalue weighted by Gasteiger charge is 2.20. The zero-order chi connectivity index (χ0) is 20.0. The van der Waals surface area contributed by atoms with Crippen LogP contribution < -0.4 is 5.32 Å². The molecule has 0 spiro atoms. The Labute approximate surface area is 173 Å². The highest BCUT2D eigenvalue weighted by Crippen LogP contribution is 2.18. The van der Waals surface area contributed by atoms with Crippen molar-refractivity contribution in [2.75, 3.05) is 13.1 Å². The molecule has 0 saturated carbocycles. The maximum absolute atomic E-state index is 12.9. The fourth-order valence-electron chi connectivity index (χ4n) is 2.47. The average molecular weight is 452 g/mol. The number of nitrogens with one attached hydrogen (secondary N) is 1. The molecule has 7 heteroatoms. The molecule has 2 amide bonds. The van der Waals surface area contributed by atoms with Gasteiger partial charge < -0.3 is 10.2 Å². The van der Waals surface area contributed by atoms with Gasteiger partial charge in [0, 0.05) is 28.5 Å². The summed E-state index contributed by atoms with van der Waals surface area (Å²) in [6.07, 6.45) is 0. The predicted octanol–water partition coefficient (Wildman–Crippen LogP) is 4.59. The quantitative estimate of drug-likeness (QED) is 0.637. The van der Waals surface area contributed by atoms with Crippen molar-refractivity contribution >= 4 is 39.1 Å². The first kappa shape index (κ1) is 21.6. The van der Waals surface area contributed by atoms with E-state index in [-0.39, 0.29) is 11.8 Å². The maximum Gasteiger partial charge on any atom is 0.270 e. The van der Waals surface area contributed by atoms with E-state index in [9.17, 15) is 9.59 Å². The Morgan fingerprint density at radius 3 is 2.41 bits per heavy atom. The van der Waals surface area contributed by atoms with Gasteiger partial charge in [-0.05, 0) is 36.1 Å². The van der Waals surface area contributed by atoms with E-state index in [0.29, 0.717) is 42.7 Å². The van der Waals surface area contributed by atoms with Crippen LogP contribution >= 0.6 is 27.3 Å². The number of aromatic nitrogens is 1. The van der Waals surface area contributed by atoms with Gasteiger partial charge in [-0.15, -0.1) is 11.3 Å². The fourth-order valence-corrected chi connectivity index (χ4v) is 3.53. The first-order valence-electron chi connectivity index (χ1n) is 9.03. The van der Waals surface area contributed by atoms with E-state index < -0.39 is 0 Å². The second kappa shape index (κ2) is 9.99. The summed E-state index contributed by atoms with van der Waals surface area (Å²) >= 11 is 4.80. The largest absolute Gasteiger partial charge is 0.350 e. The van der Waals surface area contributed by atoms with Gasteiger partial charge in [-0.3, -0.25) is 9.59 Å². The molecule has 0 aliphatic heterocycles. The SMILES string of the molecule is CC(C)CNC(=O)c1csc(CN(CC(C)C)C(=O)c2ccc(Br)cc2)n1. The molecule has 1 N–H and O–H groups in total. The van der Waals surface area contributed by atoms with Crippen LogP contribution in [0.2, 0.25) is 0 Å². The standard InChI is InChI=1S/C20H26BrN3O2S/c1-13(2)9-22-19(25)17-12-27-18(23-17)11-24(10-14(3)4)20(26)15-5-7-16(21)8-6-15/h5-8,12-14H,9-11H2,1-4H3,(H,22,25). The smallest absolute Gasteiger partial charge is 0.270 e. The molecule has 0 saturated heterocycles. The Balaban J connectivity index is 2.11. The van der Waals surface area contributed by atoms with Gasteiger partial charge in [0.2, 0.25) is 0 Å². The molecule has 2 rings (SSSR count). The minimum Gasteiger partial charge on any atom is -0.350 e. The number of nitrogens with zero attached hydrogens (tertiary/aromatic N) is 2. The minimum absolute atomic E-state index is 0.0304. The van der Waals surface area contributed by atoms with Crippen LogP contribution in [0, 0.1) is 11.8 Å². The summed E-state index contributed by atoms with van der Waals surface area (Å²) in [6, 6.07) is 7.35. The fraction of sp³-hybridized carbons (Fsp3) is 0.450. The van der Waals surface area contributed by atoms with Gasteiger partial charge in [-0.25, -0.2) is 4.98 Å². The molecular formula is C20H26BrN3O2S. The molecule has 0 aliphatic rings. The molecule has 1 aromatic heterocycles. The molecule has 27 heavy (non-hydrogen) atoms. The lowest BCUT2D eigenvalue weighted by atomic mass is 10.1. The lowest BCUT2D eigenvalue weighted by Gasteiger charge is -2.23. The molecule has 146 valence electrons. The summed E-state index contributed by atoms with van der Waals surface area (Å²) in [5, 5.41) is 5.38. The Morgan fingerprint density at radius 2 is 1.81 bits per heavy atom. The van der Waals surface area contributed by atoms with Crippen molar-refractivity contribution in [2.45, 2.75) is 34.2 Å². The van der Waals surface area contributed by atoms with E-state index in [0.717, 1.165) is 9.48 Å². The highest BCUT2D eigenvalue weighted by atomic mass is 79.9. The lowest BCUT2D eigenvalue weighted by molar-refractivity contribution is 0.0722. The van der Waals surface area contributed by atoms with Crippen LogP contribution in [0.5, 0.6) is 0 Å². The summed E-state index contributed by atoms with van der Waals surface area (Å²) in [5.74, 6) is 0.522. The molecule has 0 bridgehead atoms. The summed E-state index contributed by atoms with van der Waals surface area (Å²) < 4.78 is 0.937. The van der Waals surface area contributed by atoms with Crippen LogP contribution in [0.15, 0.2) is 34.1 Å². The number of halogens is 1. The lowest BCUT2D eigenvalue weighted by Crippen LogP contribution is -2.33. The second-order valence-electron chi connectivity index (χ2n) is 7.32. The summed E-state index contributed by atoms with van der Waals surface area (Å²) in [6.45, 7) is 9.89. The van der Waals surface area contributed by atoms with Crippen molar-refractivity contribution in [3.63, 3.8) is 0 Å². The van der Waals surface area contributed by atoms with Crippen molar-refractivity contribution in [2.24, 2.45) is 11.8 Å². The number of hydrogen-bond acceptors (Lipinski definition) is 4. The van der Waals surface area contributed by atoms with Crippen molar-refractivity contribution < 1.29 is 9.59 Å². The Hall–Kier alpha value is -1.73. The number of hydrogen-bond donors (Lipinski definition) is 1. The van der Waals surface area contributed by atoms with Crippen LogP contribution in [0.1, 0.15) is 53.5 Å². The number of amides is 2. The van der Waals surface area contributed by atoms with Crippen LogP contribution in [0.3, 0.4) is 0 Å². The number of thiazole rings is 1. The summed E-state index contributed by atoms with van der Waals surface area (Å²) in [5.41, 5.74) is 1.06. The molecule has 0 unspecified atom stereocenters. The van der Waals surface area contributed by atoms with E-state index in [1.807, 2.05) is 38.1 Å². The number of carbonyl (C=O) groups excluding carboxylic acids is 2. The van der Waals surface area contributed by atoms with Gasteiger partial charge in [-0.1, -0.05) is 43.6 Å². The number of rotatable bonds is 8. The van der Waals surface area contributed by atoms with E-state index in [1.165, 1.54) is 11.3 Å². The van der Waals surface area contributed by atoms with Gasteiger partial charge >= 0.3 is 0 Å². The molecular weight excluding hydrogens is 426 g/mol. The molecule has 2 aromatic rings. The third kappa shape index (κ3) is 6.74. The summed E-state index contributed by atoms with van der Waals surface area (Å²) in [7, 11) is 0. The van der Waals surface area contributed by atoms with Gasteiger partial charge in [0.05, 0.1) is 6.54 Å². The molecule has 0 atom stereocenters. The molecule has 0 aliphatic carbocycles. The predicted molar refractivity (Wildman–Crippen MR) is 113 cm³/mol. The molecule has 0 fully saturated rings. The summed E-state index contributed by atoms with van der Waals surface area (Å²) in [4.78, 5) is 31.3. The normalized spacial score (nSPS) is 11.1. The molecule has 1 aromatic carbocycles. The average Bonchev–Trinajstić information content (AvgIpc) is 3.07. The zero-order valence-electron chi connectivity index (χ0n) is 16.2. The van der Waals surface area contributed by atoms with Crippen molar-refractivity contribution in [1.29, 1.82) is 0 Å². The monoisotopic (exact) mass is 451 g/mol. The van der Waals surface area contributed by atoms with Crippen LogP contribution in [-0.2, 0) is 6.54 Å². The van der Waals surface area contributed by atoms with E-state index in [2.05, 4.69) is 40.1 Å². The third-order valence-corrected chi connectivity index (χ3v) is 5.11. The van der Waals surface area contributed by atoms with E-state index in [4.69, 9.17) is 0 Å². The van der Waals surface area contributed by atoms with Crippen molar-refractivity contribution in [3.05, 3.63) is 50.4 Å². The second-order valence-corrected chi connectivity index (χ2v) is 9.18. The molecule has 0 radical (unpaired) electrons. The zero-order valence-corrected chi connectivity index (χ0v) is 18.6. The van der Waals surface area contributed by atoms with Crippen molar-refractivity contribution in [1.82, 2.24) is 15.2 Å². The van der Waals surface area contributed by atoms with E-state index >= 15 is 0 Å². The Kier molecular flexibility index (Phi) is 7.98. The topological polar surface area (TPSA) is 62.3 Å². The minimum atomic E-state index is -0.166. The van der Waals surface area contributed by atoms with Crippen LogP contribution in [0.4, 0.5) is 0 Å².